The van der Waals surface area contributed by atoms with Crippen LogP contribution in [0, 0.1) is 0 Å². The first-order chi connectivity index (χ1) is 15.0. The van der Waals surface area contributed by atoms with E-state index in [-0.39, 0.29) is 23.5 Å². The zero-order chi connectivity index (χ0) is 21.5. The molecule has 6 nitrogen and oxygen atoms in total. The number of benzene rings is 2. The van der Waals surface area contributed by atoms with Crippen molar-refractivity contribution >= 4 is 17.4 Å². The molecule has 0 aromatic heterocycles. The molecule has 0 aliphatic carbocycles. The lowest BCUT2D eigenvalue weighted by atomic mass is 9.94. The molecule has 2 fully saturated rings. The van der Waals surface area contributed by atoms with Crippen LogP contribution in [0.5, 0.6) is 5.75 Å². The third kappa shape index (κ3) is 3.51. The first kappa shape index (κ1) is 19.8. The average molecular weight is 419 g/mol. The topological polar surface area (TPSA) is 76.1 Å². The van der Waals surface area contributed by atoms with Gasteiger partial charge >= 0.3 is 0 Å². The summed E-state index contributed by atoms with van der Waals surface area (Å²) >= 11 is 0. The molecule has 0 saturated carbocycles. The number of hydrogen-bond acceptors (Lipinski definition) is 5. The van der Waals surface area contributed by atoms with Crippen LogP contribution in [0.15, 0.2) is 54.1 Å². The maximum atomic E-state index is 13.1. The van der Waals surface area contributed by atoms with Crippen LogP contribution >= 0.6 is 0 Å². The molecule has 3 atom stereocenters. The molecule has 2 saturated heterocycles. The summed E-state index contributed by atoms with van der Waals surface area (Å²) in [6.07, 6.45) is 2.52. The molecule has 3 heterocycles. The number of carbonyl (C=O) groups is 2. The highest BCUT2D eigenvalue weighted by Gasteiger charge is 2.47. The van der Waals surface area contributed by atoms with E-state index >= 15 is 0 Å². The van der Waals surface area contributed by atoms with Gasteiger partial charge in [0, 0.05) is 25.1 Å². The Hall–Kier alpha value is -3.12. The van der Waals surface area contributed by atoms with Gasteiger partial charge in [-0.3, -0.25) is 9.59 Å². The van der Waals surface area contributed by atoms with Gasteiger partial charge in [-0.2, -0.15) is 0 Å². The molecule has 0 unspecified atom stereocenters. The lowest BCUT2D eigenvalue weighted by Crippen LogP contribution is -2.36. The Morgan fingerprint density at radius 2 is 1.97 bits per heavy atom. The zero-order valence-corrected chi connectivity index (χ0v) is 17.4. The number of aliphatic hydroxyl groups excluding tert-OH is 1. The van der Waals surface area contributed by atoms with Gasteiger partial charge in [-0.25, -0.2) is 0 Å². The number of nitrogens with zero attached hydrogens (tertiary/aromatic N) is 1. The van der Waals surface area contributed by atoms with Crippen LogP contribution in [0.2, 0.25) is 0 Å². The molecule has 31 heavy (non-hydrogen) atoms. The molecule has 2 aromatic carbocycles. The molecule has 3 aliphatic rings. The zero-order valence-electron chi connectivity index (χ0n) is 17.4. The smallest absolute Gasteiger partial charge is 0.295 e. The molecule has 6 heteroatoms. The second-order valence-electron chi connectivity index (χ2n) is 8.45. The molecular weight excluding hydrogens is 394 g/mol. The number of aliphatic hydroxyl groups is 1. The van der Waals surface area contributed by atoms with Crippen molar-refractivity contribution in [3.63, 3.8) is 0 Å². The Balaban J connectivity index is 1.59. The third-order valence-electron chi connectivity index (χ3n) is 6.25. The van der Waals surface area contributed by atoms with Crippen LogP contribution in [0.25, 0.3) is 5.76 Å². The number of carbonyl (C=O) groups excluding carboxylic acids is 2. The number of likely N-dealkylation sites (tertiary alicyclic amines) is 1. The van der Waals surface area contributed by atoms with Crippen molar-refractivity contribution in [2.45, 2.75) is 44.4 Å². The summed E-state index contributed by atoms with van der Waals surface area (Å²) in [5.41, 5.74) is 2.43. The summed E-state index contributed by atoms with van der Waals surface area (Å²) in [4.78, 5) is 27.7. The van der Waals surface area contributed by atoms with E-state index in [0.717, 1.165) is 36.1 Å². The Kier molecular flexibility index (Phi) is 5.02. The molecule has 160 valence electrons. The van der Waals surface area contributed by atoms with Crippen LogP contribution in [-0.2, 0) is 20.7 Å². The summed E-state index contributed by atoms with van der Waals surface area (Å²) in [6, 6.07) is 14.1. The van der Waals surface area contributed by atoms with Crippen molar-refractivity contribution in [3.05, 3.63) is 70.8 Å². The highest BCUT2D eigenvalue weighted by Crippen LogP contribution is 2.41. The van der Waals surface area contributed by atoms with Crippen LogP contribution in [0.4, 0.5) is 0 Å². The Morgan fingerprint density at radius 3 is 2.71 bits per heavy atom. The van der Waals surface area contributed by atoms with E-state index in [9.17, 15) is 14.7 Å². The Morgan fingerprint density at radius 1 is 1.16 bits per heavy atom. The summed E-state index contributed by atoms with van der Waals surface area (Å²) < 4.78 is 11.5. The van der Waals surface area contributed by atoms with E-state index in [4.69, 9.17) is 9.47 Å². The highest BCUT2D eigenvalue weighted by molar-refractivity contribution is 6.46. The minimum absolute atomic E-state index is 0.0775. The number of ketones is 1. The number of rotatable bonds is 4. The van der Waals surface area contributed by atoms with Crippen molar-refractivity contribution in [3.8, 4) is 5.75 Å². The molecule has 0 spiro atoms. The molecule has 0 radical (unpaired) electrons. The number of Topliss-reactive ketones (excluding diaryl/α,β-unsaturated/α-hetero) is 1. The standard InChI is InChI=1S/C25H25NO5/c1-15-12-18-13-17(9-10-20(18)31-15)23(27)21-22(16-6-3-2-4-7-16)26(25(29)24(21)28)14-19-8-5-11-30-19/h2-4,6-7,9-10,13,15,19,22,27H,5,8,11-12,14H2,1H3/t15-,19+,22+/m0/s1. The van der Waals surface area contributed by atoms with E-state index in [1.54, 1.807) is 11.0 Å². The highest BCUT2D eigenvalue weighted by atomic mass is 16.5. The lowest BCUT2D eigenvalue weighted by Gasteiger charge is -2.27. The van der Waals surface area contributed by atoms with Gasteiger partial charge in [0.15, 0.2) is 0 Å². The fourth-order valence-corrected chi connectivity index (χ4v) is 4.78. The van der Waals surface area contributed by atoms with Gasteiger partial charge < -0.3 is 19.5 Å². The first-order valence-electron chi connectivity index (χ1n) is 10.8. The maximum Gasteiger partial charge on any atom is 0.295 e. The first-order valence-corrected chi connectivity index (χ1v) is 10.8. The Labute approximate surface area is 181 Å². The predicted molar refractivity (Wildman–Crippen MR) is 115 cm³/mol. The molecular formula is C25H25NO5. The van der Waals surface area contributed by atoms with Crippen molar-refractivity contribution in [1.82, 2.24) is 4.90 Å². The fraction of sp³-hybridized carbons (Fsp3) is 0.360. The van der Waals surface area contributed by atoms with E-state index in [1.165, 1.54) is 0 Å². The average Bonchev–Trinajstić information content (AvgIpc) is 3.48. The summed E-state index contributed by atoms with van der Waals surface area (Å²) in [7, 11) is 0. The number of ether oxygens (including phenoxy) is 2. The summed E-state index contributed by atoms with van der Waals surface area (Å²) in [5.74, 6) is -0.606. The minimum Gasteiger partial charge on any atom is -0.507 e. The van der Waals surface area contributed by atoms with E-state index < -0.39 is 17.7 Å². The number of hydrogen-bond donors (Lipinski definition) is 1. The van der Waals surface area contributed by atoms with Crippen LogP contribution in [-0.4, -0.2) is 47.1 Å². The fourth-order valence-electron chi connectivity index (χ4n) is 4.78. The van der Waals surface area contributed by atoms with Crippen molar-refractivity contribution in [2.75, 3.05) is 13.2 Å². The quantitative estimate of drug-likeness (QED) is 0.466. The maximum absolute atomic E-state index is 13.1. The minimum atomic E-state index is -0.658. The second-order valence-corrected chi connectivity index (χ2v) is 8.45. The van der Waals surface area contributed by atoms with Crippen LogP contribution in [0.3, 0.4) is 0 Å². The van der Waals surface area contributed by atoms with E-state index in [0.29, 0.717) is 18.7 Å². The monoisotopic (exact) mass is 419 g/mol. The van der Waals surface area contributed by atoms with Gasteiger partial charge in [0.1, 0.15) is 17.6 Å². The molecule has 1 amide bonds. The van der Waals surface area contributed by atoms with Crippen molar-refractivity contribution < 1.29 is 24.2 Å². The normalized spacial score (nSPS) is 26.9. The number of amides is 1. The SMILES string of the molecule is C[C@H]1Cc2cc(C(O)=C3C(=O)C(=O)N(C[C@H]4CCCO4)[C@@H]3c3ccccc3)ccc2O1. The largest absolute Gasteiger partial charge is 0.507 e. The summed E-state index contributed by atoms with van der Waals surface area (Å²) in [5, 5.41) is 11.2. The van der Waals surface area contributed by atoms with Gasteiger partial charge in [0.25, 0.3) is 11.7 Å². The van der Waals surface area contributed by atoms with E-state index in [2.05, 4.69) is 0 Å². The molecule has 5 rings (SSSR count). The van der Waals surface area contributed by atoms with Gasteiger partial charge in [-0.05, 0) is 49.1 Å². The van der Waals surface area contributed by atoms with Gasteiger partial charge in [-0.1, -0.05) is 30.3 Å². The van der Waals surface area contributed by atoms with Gasteiger partial charge in [-0.15, -0.1) is 0 Å². The van der Waals surface area contributed by atoms with E-state index in [1.807, 2.05) is 49.4 Å². The predicted octanol–water partition coefficient (Wildman–Crippen LogP) is 3.61. The van der Waals surface area contributed by atoms with Crippen LogP contribution in [0.1, 0.15) is 42.5 Å². The van der Waals surface area contributed by atoms with Gasteiger partial charge in [0.05, 0.1) is 17.7 Å². The van der Waals surface area contributed by atoms with Crippen molar-refractivity contribution in [1.29, 1.82) is 0 Å². The lowest BCUT2D eigenvalue weighted by molar-refractivity contribution is -0.140. The van der Waals surface area contributed by atoms with Crippen LogP contribution < -0.4 is 4.74 Å². The number of fused-ring (bicyclic) bond motifs is 1. The molecule has 3 aliphatic heterocycles. The molecule has 1 N–H and O–H groups in total. The third-order valence-corrected chi connectivity index (χ3v) is 6.25. The van der Waals surface area contributed by atoms with Gasteiger partial charge in [0.2, 0.25) is 0 Å². The van der Waals surface area contributed by atoms with Crippen molar-refractivity contribution in [2.24, 2.45) is 0 Å². The summed E-state index contributed by atoms with van der Waals surface area (Å²) in [6.45, 7) is 2.99. The molecule has 0 bridgehead atoms. The second kappa shape index (κ2) is 7.85. The molecule has 2 aromatic rings. The Bertz CT molecular complexity index is 1050.